The summed E-state index contributed by atoms with van der Waals surface area (Å²) in [5, 5.41) is 16.6. The van der Waals surface area contributed by atoms with Crippen molar-refractivity contribution in [3.63, 3.8) is 0 Å². The van der Waals surface area contributed by atoms with Crippen molar-refractivity contribution in [1.29, 1.82) is 10.5 Å². The monoisotopic (exact) mass is 150 g/mol. The molecule has 5 nitrogen and oxygen atoms in total. The van der Waals surface area contributed by atoms with Crippen LogP contribution in [0.4, 0.5) is 0 Å². The minimum absolute atomic E-state index is 0.144. The molecule has 0 aliphatic heterocycles. The molecule has 11 heavy (non-hydrogen) atoms. The normalized spacial score (nSPS) is 11.5. The summed E-state index contributed by atoms with van der Waals surface area (Å²) in [5.41, 5.74) is 4.73. The largest absolute Gasteiger partial charge is 0.486 e. The Kier molecular flexibility index (Phi) is 3.95. The van der Waals surface area contributed by atoms with Crippen molar-refractivity contribution in [3.8, 4) is 12.1 Å². The van der Waals surface area contributed by atoms with Gasteiger partial charge >= 0.3 is 0 Å². The molecule has 0 spiro atoms. The van der Waals surface area contributed by atoms with E-state index in [1.54, 1.807) is 12.1 Å². The lowest BCUT2D eigenvalue weighted by Gasteiger charge is -1.88. The van der Waals surface area contributed by atoms with Crippen molar-refractivity contribution in [1.82, 2.24) is 0 Å². The van der Waals surface area contributed by atoms with E-state index >= 15 is 0 Å². The molecule has 56 valence electrons. The van der Waals surface area contributed by atoms with Gasteiger partial charge < -0.3 is 10.5 Å². The van der Waals surface area contributed by atoms with E-state index in [9.17, 15) is 0 Å². The maximum Gasteiger partial charge on any atom is 0.177 e. The van der Waals surface area contributed by atoms with Gasteiger partial charge in [0, 0.05) is 0 Å². The number of rotatable bonds is 2. The fraction of sp³-hybridized carbons (Fsp3) is 0.167. The predicted octanol–water partition coefficient (Wildman–Crippen LogP) is -0.121. The second-order valence-electron chi connectivity index (χ2n) is 1.46. The number of aliphatic imine (C=N–C) groups is 1. The number of hydrogen-bond acceptors (Lipinski definition) is 5. The number of nitrogens with two attached hydrogens (primary N) is 1. The molecule has 0 aromatic heterocycles. The lowest BCUT2D eigenvalue weighted by atomic mass is 10.4. The summed E-state index contributed by atoms with van der Waals surface area (Å²) in [6, 6.07) is 3.23. The van der Waals surface area contributed by atoms with Gasteiger partial charge in [-0.3, -0.25) is 0 Å². The van der Waals surface area contributed by atoms with E-state index in [-0.39, 0.29) is 11.4 Å². The summed E-state index contributed by atoms with van der Waals surface area (Å²) in [4.78, 5) is 3.46. The van der Waals surface area contributed by atoms with Crippen LogP contribution in [0.15, 0.2) is 16.4 Å². The number of hydrogen-bond donors (Lipinski definition) is 1. The highest BCUT2D eigenvalue weighted by atomic mass is 16.5. The molecular weight excluding hydrogens is 144 g/mol. The van der Waals surface area contributed by atoms with E-state index in [4.69, 9.17) is 16.3 Å². The Balaban J connectivity index is 4.60. The maximum atomic E-state index is 8.35. The molecule has 0 saturated heterocycles. The zero-order valence-corrected chi connectivity index (χ0v) is 5.90. The SMILES string of the molecule is CO/C=N\C(C#N)=C(\N)C#N. The van der Waals surface area contributed by atoms with Crippen LogP contribution >= 0.6 is 0 Å². The van der Waals surface area contributed by atoms with Gasteiger partial charge in [0.2, 0.25) is 0 Å². The van der Waals surface area contributed by atoms with Crippen molar-refractivity contribution in [3.05, 3.63) is 11.4 Å². The van der Waals surface area contributed by atoms with Gasteiger partial charge in [0.1, 0.15) is 17.8 Å². The second-order valence-corrected chi connectivity index (χ2v) is 1.46. The fourth-order valence-corrected chi connectivity index (χ4v) is 0.317. The van der Waals surface area contributed by atoms with E-state index in [1.807, 2.05) is 0 Å². The molecule has 0 heterocycles. The Morgan fingerprint density at radius 1 is 1.55 bits per heavy atom. The molecule has 0 aromatic rings. The van der Waals surface area contributed by atoms with Crippen LogP contribution in [-0.2, 0) is 4.74 Å². The number of nitrogens with zero attached hydrogens (tertiary/aromatic N) is 3. The number of methoxy groups -OCH3 is 1. The number of allylic oxidation sites excluding steroid dienone is 2. The van der Waals surface area contributed by atoms with Crippen LogP contribution < -0.4 is 5.73 Å². The Morgan fingerprint density at radius 3 is 2.55 bits per heavy atom. The van der Waals surface area contributed by atoms with Gasteiger partial charge in [-0.1, -0.05) is 0 Å². The molecule has 2 N–H and O–H groups in total. The molecule has 0 fully saturated rings. The average Bonchev–Trinajstić information content (AvgIpc) is 2.05. The zero-order valence-electron chi connectivity index (χ0n) is 5.90. The van der Waals surface area contributed by atoms with Crippen LogP contribution in [-0.4, -0.2) is 13.5 Å². The quantitative estimate of drug-likeness (QED) is 0.337. The fourth-order valence-electron chi connectivity index (χ4n) is 0.317. The summed E-state index contributed by atoms with van der Waals surface area (Å²) < 4.78 is 4.43. The molecule has 0 saturated carbocycles. The second kappa shape index (κ2) is 4.83. The number of ether oxygens (including phenoxy) is 1. The minimum Gasteiger partial charge on any atom is -0.486 e. The first kappa shape index (κ1) is 8.99. The number of nitriles is 2. The third-order valence-electron chi connectivity index (χ3n) is 0.769. The Morgan fingerprint density at radius 2 is 2.18 bits per heavy atom. The highest BCUT2D eigenvalue weighted by molar-refractivity contribution is 5.52. The molecular formula is C6H6N4O. The molecule has 0 atom stereocenters. The van der Waals surface area contributed by atoms with Crippen molar-refractivity contribution in [2.75, 3.05) is 7.11 Å². The first-order valence-corrected chi connectivity index (χ1v) is 2.61. The maximum absolute atomic E-state index is 8.35. The van der Waals surface area contributed by atoms with E-state index in [1.165, 1.54) is 7.11 Å². The molecule has 0 radical (unpaired) electrons. The van der Waals surface area contributed by atoms with Gasteiger partial charge in [-0.2, -0.15) is 10.5 Å². The third kappa shape index (κ3) is 2.87. The van der Waals surface area contributed by atoms with Gasteiger partial charge in [0.25, 0.3) is 0 Å². The minimum atomic E-state index is -0.221. The molecule has 0 aliphatic carbocycles. The van der Waals surface area contributed by atoms with Crippen LogP contribution in [0, 0.1) is 22.7 Å². The zero-order chi connectivity index (χ0) is 8.69. The lowest BCUT2D eigenvalue weighted by Crippen LogP contribution is -1.97. The summed E-state index contributed by atoms with van der Waals surface area (Å²) in [6.07, 6.45) is 1.03. The topological polar surface area (TPSA) is 95.2 Å². The molecule has 0 unspecified atom stereocenters. The van der Waals surface area contributed by atoms with Crippen LogP contribution in [0.3, 0.4) is 0 Å². The smallest absolute Gasteiger partial charge is 0.177 e. The summed E-state index contributed by atoms with van der Waals surface area (Å²) in [7, 11) is 1.38. The Labute approximate surface area is 64.0 Å². The first-order chi connectivity index (χ1) is 5.26. The average molecular weight is 150 g/mol. The summed E-state index contributed by atoms with van der Waals surface area (Å²) in [5.74, 6) is 0. The Bertz CT molecular complexity index is 265. The molecule has 0 amide bonds. The van der Waals surface area contributed by atoms with Crippen molar-refractivity contribution in [2.24, 2.45) is 10.7 Å². The van der Waals surface area contributed by atoms with Gasteiger partial charge in [-0.05, 0) is 0 Å². The Hall–Kier alpha value is -2.01. The van der Waals surface area contributed by atoms with E-state index in [0.29, 0.717) is 0 Å². The van der Waals surface area contributed by atoms with Gasteiger partial charge in [-0.15, -0.1) is 0 Å². The van der Waals surface area contributed by atoms with Crippen LogP contribution in [0.5, 0.6) is 0 Å². The summed E-state index contributed by atoms with van der Waals surface area (Å²) in [6.45, 7) is 0. The predicted molar refractivity (Wildman–Crippen MR) is 37.9 cm³/mol. The highest BCUT2D eigenvalue weighted by Crippen LogP contribution is 1.96. The highest BCUT2D eigenvalue weighted by Gasteiger charge is 1.97. The first-order valence-electron chi connectivity index (χ1n) is 2.61. The van der Waals surface area contributed by atoms with Gasteiger partial charge in [0.15, 0.2) is 12.1 Å². The van der Waals surface area contributed by atoms with E-state index < -0.39 is 0 Å². The van der Waals surface area contributed by atoms with Crippen LogP contribution in [0.1, 0.15) is 0 Å². The molecule has 0 rings (SSSR count). The summed E-state index contributed by atoms with van der Waals surface area (Å²) >= 11 is 0. The lowest BCUT2D eigenvalue weighted by molar-refractivity contribution is 0.422. The molecule has 0 aromatic carbocycles. The molecule has 0 aliphatic rings. The van der Waals surface area contributed by atoms with Crippen LogP contribution in [0.25, 0.3) is 0 Å². The van der Waals surface area contributed by atoms with E-state index in [2.05, 4.69) is 9.73 Å². The van der Waals surface area contributed by atoms with Crippen molar-refractivity contribution < 1.29 is 4.74 Å². The molecule has 0 bridgehead atoms. The third-order valence-corrected chi connectivity index (χ3v) is 0.769. The van der Waals surface area contributed by atoms with Gasteiger partial charge in [0.05, 0.1) is 7.11 Å². The van der Waals surface area contributed by atoms with Gasteiger partial charge in [-0.25, -0.2) is 4.99 Å². The van der Waals surface area contributed by atoms with E-state index in [0.717, 1.165) is 6.40 Å². The van der Waals surface area contributed by atoms with Crippen LogP contribution in [0.2, 0.25) is 0 Å². The standard InChI is InChI=1S/C6H6N4O/c1-11-4-10-6(3-8)5(9)2-7/h4H,9H2,1H3/b6-5+,10-4-. The van der Waals surface area contributed by atoms with Crippen molar-refractivity contribution >= 4 is 6.40 Å². The van der Waals surface area contributed by atoms with Crippen molar-refractivity contribution in [2.45, 2.75) is 0 Å². The molecule has 5 heteroatoms.